The van der Waals surface area contributed by atoms with E-state index in [0.29, 0.717) is 13.0 Å². The molecule has 0 aliphatic rings. The molecule has 1 aromatic heterocycles. The fraction of sp³-hybridized carbons (Fsp3) is 0.150. The van der Waals surface area contributed by atoms with Gasteiger partial charge in [0.2, 0.25) is 11.8 Å². The summed E-state index contributed by atoms with van der Waals surface area (Å²) in [6.45, 7) is 0.445. The summed E-state index contributed by atoms with van der Waals surface area (Å²) >= 11 is 0. The second-order valence-corrected chi connectivity index (χ2v) is 5.95. The van der Waals surface area contributed by atoms with Crippen molar-refractivity contribution < 1.29 is 9.59 Å². The van der Waals surface area contributed by atoms with Crippen LogP contribution in [-0.2, 0) is 29.0 Å². The molecule has 0 aliphatic carbocycles. The number of para-hydroxylation sites is 1. The highest BCUT2D eigenvalue weighted by Gasteiger charge is 2.07. The smallest absolute Gasteiger partial charge is 0.224 e. The number of carbonyl (C=O) groups is 2. The van der Waals surface area contributed by atoms with Crippen molar-refractivity contribution in [3.63, 3.8) is 0 Å². The van der Waals surface area contributed by atoms with E-state index < -0.39 is 0 Å². The third kappa shape index (κ3) is 4.47. The Kier molecular flexibility index (Phi) is 5.14. The number of aromatic amines is 1. The second kappa shape index (κ2) is 7.66. The van der Waals surface area contributed by atoms with Gasteiger partial charge in [0.1, 0.15) is 0 Å². The number of amides is 2. The predicted molar refractivity (Wildman–Crippen MR) is 97.5 cm³/mol. The van der Waals surface area contributed by atoms with Crippen LogP contribution >= 0.6 is 0 Å². The number of hydrogen-bond acceptors (Lipinski definition) is 2. The van der Waals surface area contributed by atoms with E-state index in [1.807, 2.05) is 54.7 Å². The van der Waals surface area contributed by atoms with Crippen LogP contribution in [0.2, 0.25) is 0 Å². The van der Waals surface area contributed by atoms with Crippen LogP contribution in [0.1, 0.15) is 16.7 Å². The predicted octanol–water partition coefficient (Wildman–Crippen LogP) is 2.26. The first kappa shape index (κ1) is 16.8. The van der Waals surface area contributed by atoms with Gasteiger partial charge in [-0.2, -0.15) is 0 Å². The molecule has 2 aromatic carbocycles. The lowest BCUT2D eigenvalue weighted by atomic mass is 10.1. The molecule has 0 fully saturated rings. The Balaban J connectivity index is 1.49. The van der Waals surface area contributed by atoms with Gasteiger partial charge in [-0.15, -0.1) is 0 Å². The zero-order chi connectivity index (χ0) is 17.6. The number of hydrogen-bond donors (Lipinski definition) is 3. The van der Waals surface area contributed by atoms with Crippen LogP contribution in [0, 0.1) is 6.42 Å². The Morgan fingerprint density at radius 3 is 2.52 bits per heavy atom. The summed E-state index contributed by atoms with van der Waals surface area (Å²) in [5, 5.41) is 4.01. The molecule has 127 valence electrons. The van der Waals surface area contributed by atoms with Crippen LogP contribution in [0.3, 0.4) is 0 Å². The van der Waals surface area contributed by atoms with Crippen LogP contribution in [0.4, 0.5) is 0 Å². The normalized spacial score (nSPS) is 10.7. The summed E-state index contributed by atoms with van der Waals surface area (Å²) in [5.74, 6) is -0.459. The SMILES string of the molecule is NC(=O)Cc1ccc(CNC(=O)[CH]Cc2c[nH]c3ccccc23)cc1. The Hall–Kier alpha value is -3.08. The molecule has 5 heteroatoms. The topological polar surface area (TPSA) is 88.0 Å². The maximum absolute atomic E-state index is 12.0. The maximum atomic E-state index is 12.0. The fourth-order valence-electron chi connectivity index (χ4n) is 2.74. The Bertz CT molecular complexity index is 881. The molecule has 3 aromatic rings. The molecule has 0 saturated heterocycles. The minimum absolute atomic E-state index is 0.105. The van der Waals surface area contributed by atoms with Gasteiger partial charge in [-0.1, -0.05) is 42.5 Å². The van der Waals surface area contributed by atoms with Crippen molar-refractivity contribution in [2.24, 2.45) is 5.73 Å². The van der Waals surface area contributed by atoms with Crippen molar-refractivity contribution in [1.82, 2.24) is 10.3 Å². The first-order chi connectivity index (χ1) is 12.1. The highest BCUT2D eigenvalue weighted by atomic mass is 16.1. The van der Waals surface area contributed by atoms with Gasteiger partial charge in [0.25, 0.3) is 0 Å². The van der Waals surface area contributed by atoms with E-state index in [0.717, 1.165) is 27.6 Å². The van der Waals surface area contributed by atoms with Crippen molar-refractivity contribution in [3.8, 4) is 0 Å². The van der Waals surface area contributed by atoms with Gasteiger partial charge in [-0.25, -0.2) is 0 Å². The minimum atomic E-state index is -0.354. The van der Waals surface area contributed by atoms with Crippen molar-refractivity contribution in [2.45, 2.75) is 19.4 Å². The van der Waals surface area contributed by atoms with Crippen LogP contribution in [0.5, 0.6) is 0 Å². The third-order valence-electron chi connectivity index (χ3n) is 4.05. The lowest BCUT2D eigenvalue weighted by Gasteiger charge is -2.06. The van der Waals surface area contributed by atoms with E-state index >= 15 is 0 Å². The van der Waals surface area contributed by atoms with Crippen LogP contribution in [0.25, 0.3) is 10.9 Å². The van der Waals surface area contributed by atoms with E-state index in [-0.39, 0.29) is 18.2 Å². The number of nitrogens with two attached hydrogens (primary N) is 1. The van der Waals surface area contributed by atoms with Crippen LogP contribution < -0.4 is 11.1 Å². The Morgan fingerprint density at radius 1 is 1.04 bits per heavy atom. The molecule has 2 amide bonds. The summed E-state index contributed by atoms with van der Waals surface area (Å²) in [6.07, 6.45) is 4.39. The van der Waals surface area contributed by atoms with E-state index in [2.05, 4.69) is 10.3 Å². The van der Waals surface area contributed by atoms with Crippen molar-refractivity contribution in [2.75, 3.05) is 0 Å². The van der Waals surface area contributed by atoms with Crippen molar-refractivity contribution in [3.05, 3.63) is 77.8 Å². The third-order valence-corrected chi connectivity index (χ3v) is 4.05. The van der Waals surface area contributed by atoms with Crippen LogP contribution in [-0.4, -0.2) is 16.8 Å². The number of benzene rings is 2. The first-order valence-corrected chi connectivity index (χ1v) is 8.14. The highest BCUT2D eigenvalue weighted by molar-refractivity contribution is 5.87. The number of aromatic nitrogens is 1. The number of H-pyrrole nitrogens is 1. The van der Waals surface area contributed by atoms with Gasteiger partial charge in [0.05, 0.1) is 12.8 Å². The van der Waals surface area contributed by atoms with Gasteiger partial charge < -0.3 is 16.0 Å². The molecule has 0 aliphatic heterocycles. The monoisotopic (exact) mass is 334 g/mol. The quantitative estimate of drug-likeness (QED) is 0.619. The average Bonchev–Trinajstić information content (AvgIpc) is 3.02. The Morgan fingerprint density at radius 2 is 1.76 bits per heavy atom. The molecule has 4 N–H and O–H groups in total. The molecule has 0 atom stereocenters. The zero-order valence-electron chi connectivity index (χ0n) is 13.8. The van der Waals surface area contributed by atoms with E-state index in [1.54, 1.807) is 6.42 Å². The van der Waals surface area contributed by atoms with E-state index in [1.165, 1.54) is 0 Å². The van der Waals surface area contributed by atoms with Gasteiger partial charge in [-0.3, -0.25) is 9.59 Å². The molecule has 1 radical (unpaired) electrons. The number of carbonyl (C=O) groups excluding carboxylic acids is 2. The number of nitrogens with one attached hydrogen (secondary N) is 2. The summed E-state index contributed by atoms with van der Waals surface area (Å²) < 4.78 is 0. The molecule has 0 spiro atoms. The van der Waals surface area contributed by atoms with Gasteiger partial charge in [0.15, 0.2) is 0 Å². The lowest BCUT2D eigenvalue weighted by Crippen LogP contribution is -2.23. The maximum Gasteiger partial charge on any atom is 0.224 e. The van der Waals surface area contributed by atoms with Crippen molar-refractivity contribution >= 4 is 22.7 Å². The average molecular weight is 334 g/mol. The molecule has 0 saturated carbocycles. The molecule has 3 rings (SSSR count). The number of fused-ring (bicyclic) bond motifs is 1. The van der Waals surface area contributed by atoms with Crippen molar-refractivity contribution in [1.29, 1.82) is 0 Å². The first-order valence-electron chi connectivity index (χ1n) is 8.14. The van der Waals surface area contributed by atoms with Gasteiger partial charge in [0, 0.05) is 23.6 Å². The Labute approximate surface area is 146 Å². The number of rotatable bonds is 7. The molecule has 0 bridgehead atoms. The molecule has 0 unspecified atom stereocenters. The lowest BCUT2D eigenvalue weighted by molar-refractivity contribution is -0.118. The second-order valence-electron chi connectivity index (χ2n) is 5.95. The molecule has 5 nitrogen and oxygen atoms in total. The largest absolute Gasteiger partial charge is 0.369 e. The molecular formula is C20H20N3O2. The van der Waals surface area contributed by atoms with Gasteiger partial charge in [-0.05, 0) is 29.2 Å². The summed E-state index contributed by atoms with van der Waals surface area (Å²) in [7, 11) is 0. The van der Waals surface area contributed by atoms with E-state index in [9.17, 15) is 9.59 Å². The van der Waals surface area contributed by atoms with E-state index in [4.69, 9.17) is 5.73 Å². The molecular weight excluding hydrogens is 314 g/mol. The fourth-order valence-corrected chi connectivity index (χ4v) is 2.74. The van der Waals surface area contributed by atoms with Crippen LogP contribution in [0.15, 0.2) is 54.7 Å². The standard InChI is InChI=1S/C20H20N3O2/c21-19(24)11-14-5-7-15(8-6-14)12-23-20(25)10-9-16-13-22-18-4-2-1-3-17(16)18/h1-8,10,13,22H,9,11-12H2,(H2,21,24)(H,23,25). The zero-order valence-corrected chi connectivity index (χ0v) is 13.8. The number of primary amides is 1. The highest BCUT2D eigenvalue weighted by Crippen LogP contribution is 2.18. The molecule has 25 heavy (non-hydrogen) atoms. The molecule has 1 heterocycles. The summed E-state index contributed by atoms with van der Waals surface area (Å²) in [5.41, 5.74) is 9.18. The van der Waals surface area contributed by atoms with Gasteiger partial charge >= 0.3 is 0 Å². The minimum Gasteiger partial charge on any atom is -0.369 e. The summed E-state index contributed by atoms with van der Waals surface area (Å²) in [6, 6.07) is 15.5. The summed E-state index contributed by atoms with van der Waals surface area (Å²) in [4.78, 5) is 26.1.